The third-order valence-corrected chi connectivity index (χ3v) is 3.68. The summed E-state index contributed by atoms with van der Waals surface area (Å²) >= 11 is 0. The van der Waals surface area contributed by atoms with E-state index in [1.807, 2.05) is 0 Å². The fourth-order valence-electron chi connectivity index (χ4n) is 2.34. The van der Waals surface area contributed by atoms with Crippen molar-refractivity contribution < 1.29 is 14.7 Å². The minimum atomic E-state index is -0.817. The maximum absolute atomic E-state index is 11.7. The number of hydrogen-bond donors (Lipinski definition) is 2. The van der Waals surface area contributed by atoms with Crippen molar-refractivity contribution in [2.24, 2.45) is 5.92 Å². The van der Waals surface area contributed by atoms with Gasteiger partial charge in [0.05, 0.1) is 12.0 Å². The summed E-state index contributed by atoms with van der Waals surface area (Å²) in [5.74, 6) is -0.0300. The van der Waals surface area contributed by atoms with Gasteiger partial charge < -0.3 is 10.4 Å². The van der Waals surface area contributed by atoms with Crippen LogP contribution < -0.4 is 5.32 Å². The second kappa shape index (κ2) is 4.44. The molecule has 0 unspecified atom stereocenters. The summed E-state index contributed by atoms with van der Waals surface area (Å²) in [6, 6.07) is 0. The molecule has 4 nitrogen and oxygen atoms in total. The largest absolute Gasteiger partial charge is 0.481 e. The molecular weight excluding hydrogens is 206 g/mol. The summed E-state index contributed by atoms with van der Waals surface area (Å²) in [6.45, 7) is 0. The number of hydrogen-bond acceptors (Lipinski definition) is 2. The van der Waals surface area contributed by atoms with E-state index in [2.05, 4.69) is 5.32 Å². The van der Waals surface area contributed by atoms with Crippen molar-refractivity contribution in [3.8, 4) is 0 Å². The summed E-state index contributed by atoms with van der Waals surface area (Å²) in [6.07, 6.45) is 6.77. The average Bonchev–Trinajstić information content (AvgIpc) is 2.93. The minimum absolute atomic E-state index is 0.0350. The Morgan fingerprint density at radius 1 is 1.31 bits per heavy atom. The van der Waals surface area contributed by atoms with Gasteiger partial charge in [0.15, 0.2) is 0 Å². The van der Waals surface area contributed by atoms with Crippen molar-refractivity contribution in [2.45, 2.75) is 56.9 Å². The van der Waals surface area contributed by atoms with E-state index in [1.54, 1.807) is 0 Å². The van der Waals surface area contributed by atoms with E-state index < -0.39 is 11.5 Å². The summed E-state index contributed by atoms with van der Waals surface area (Å²) in [7, 11) is 0. The van der Waals surface area contributed by atoms with Gasteiger partial charge >= 0.3 is 5.97 Å². The van der Waals surface area contributed by atoms with Crippen molar-refractivity contribution in [2.75, 3.05) is 0 Å². The smallest absolute Gasteiger partial charge is 0.305 e. The summed E-state index contributed by atoms with van der Waals surface area (Å²) < 4.78 is 0. The zero-order chi connectivity index (χ0) is 11.6. The normalized spacial score (nSPS) is 22.2. The standard InChI is InChI=1S/C12H19NO3/c14-10(5-4-9-2-3-9)13-12(6-1-7-12)8-11(15)16/h9H,1-8H2,(H,13,14)(H,15,16). The number of carboxylic acids is 1. The van der Waals surface area contributed by atoms with Gasteiger partial charge in [0.25, 0.3) is 0 Å². The van der Waals surface area contributed by atoms with Gasteiger partial charge in [0, 0.05) is 6.42 Å². The topological polar surface area (TPSA) is 66.4 Å². The van der Waals surface area contributed by atoms with E-state index >= 15 is 0 Å². The van der Waals surface area contributed by atoms with Gasteiger partial charge in [0.1, 0.15) is 0 Å². The number of amides is 1. The molecule has 2 fully saturated rings. The molecule has 2 N–H and O–H groups in total. The average molecular weight is 225 g/mol. The first kappa shape index (κ1) is 11.4. The van der Waals surface area contributed by atoms with Gasteiger partial charge in [-0.05, 0) is 31.6 Å². The van der Waals surface area contributed by atoms with Crippen LogP contribution in [0.25, 0.3) is 0 Å². The van der Waals surface area contributed by atoms with Crippen molar-refractivity contribution in [3.05, 3.63) is 0 Å². The van der Waals surface area contributed by atoms with E-state index in [0.717, 1.165) is 31.6 Å². The number of carboxylic acid groups (broad SMARTS) is 1. The number of carbonyl (C=O) groups is 2. The van der Waals surface area contributed by atoms with Crippen LogP contribution >= 0.6 is 0 Å². The third-order valence-electron chi connectivity index (χ3n) is 3.68. The molecule has 0 saturated heterocycles. The van der Waals surface area contributed by atoms with Crippen LogP contribution in [0.4, 0.5) is 0 Å². The highest BCUT2D eigenvalue weighted by Crippen LogP contribution is 2.36. The van der Waals surface area contributed by atoms with Gasteiger partial charge in [-0.3, -0.25) is 9.59 Å². The molecule has 0 aliphatic heterocycles. The Morgan fingerprint density at radius 2 is 2.00 bits per heavy atom. The van der Waals surface area contributed by atoms with Crippen LogP contribution in [0.15, 0.2) is 0 Å². The van der Waals surface area contributed by atoms with Crippen LogP contribution in [0.5, 0.6) is 0 Å². The van der Waals surface area contributed by atoms with Crippen LogP contribution in [0.2, 0.25) is 0 Å². The minimum Gasteiger partial charge on any atom is -0.481 e. The number of rotatable bonds is 6. The Kier molecular flexibility index (Phi) is 3.17. The van der Waals surface area contributed by atoms with Gasteiger partial charge in [-0.15, -0.1) is 0 Å². The highest BCUT2D eigenvalue weighted by Gasteiger charge is 2.40. The first-order valence-electron chi connectivity index (χ1n) is 6.12. The molecule has 0 aromatic heterocycles. The second-order valence-corrected chi connectivity index (χ2v) is 5.23. The predicted molar refractivity (Wildman–Crippen MR) is 58.9 cm³/mol. The quantitative estimate of drug-likeness (QED) is 0.723. The lowest BCUT2D eigenvalue weighted by molar-refractivity contribution is -0.140. The van der Waals surface area contributed by atoms with Crippen molar-refractivity contribution in [1.29, 1.82) is 0 Å². The molecule has 0 spiro atoms. The summed E-state index contributed by atoms with van der Waals surface area (Å²) in [5.41, 5.74) is -0.424. The number of aliphatic carboxylic acids is 1. The molecule has 2 aliphatic rings. The molecule has 0 radical (unpaired) electrons. The van der Waals surface area contributed by atoms with Gasteiger partial charge in [-0.2, -0.15) is 0 Å². The van der Waals surface area contributed by atoms with Gasteiger partial charge in [-0.1, -0.05) is 12.8 Å². The molecule has 2 saturated carbocycles. The Balaban J connectivity index is 1.75. The number of carbonyl (C=O) groups excluding carboxylic acids is 1. The molecule has 0 aromatic rings. The molecule has 0 aromatic carbocycles. The SMILES string of the molecule is O=C(O)CC1(NC(=O)CCC2CC2)CCC1. The maximum Gasteiger partial charge on any atom is 0.305 e. The van der Waals surface area contributed by atoms with E-state index in [-0.39, 0.29) is 12.3 Å². The Morgan fingerprint density at radius 3 is 2.44 bits per heavy atom. The predicted octanol–water partition coefficient (Wildman–Crippen LogP) is 1.69. The molecular formula is C12H19NO3. The van der Waals surface area contributed by atoms with E-state index in [4.69, 9.17) is 5.11 Å². The lowest BCUT2D eigenvalue weighted by atomic mass is 9.74. The Labute approximate surface area is 95.4 Å². The van der Waals surface area contributed by atoms with Crippen LogP contribution in [-0.2, 0) is 9.59 Å². The van der Waals surface area contributed by atoms with E-state index in [9.17, 15) is 9.59 Å². The summed E-state index contributed by atoms with van der Waals surface area (Å²) in [4.78, 5) is 22.4. The van der Waals surface area contributed by atoms with Crippen LogP contribution in [0.1, 0.15) is 51.4 Å². The van der Waals surface area contributed by atoms with Crippen LogP contribution in [-0.4, -0.2) is 22.5 Å². The lowest BCUT2D eigenvalue weighted by Gasteiger charge is -2.41. The zero-order valence-electron chi connectivity index (χ0n) is 9.50. The Hall–Kier alpha value is -1.06. The van der Waals surface area contributed by atoms with Crippen LogP contribution in [0.3, 0.4) is 0 Å². The van der Waals surface area contributed by atoms with Gasteiger partial charge in [0.2, 0.25) is 5.91 Å². The fourth-order valence-corrected chi connectivity index (χ4v) is 2.34. The first-order chi connectivity index (χ1) is 7.60. The molecule has 0 atom stereocenters. The highest BCUT2D eigenvalue weighted by molar-refractivity contribution is 5.78. The fraction of sp³-hybridized carbons (Fsp3) is 0.833. The zero-order valence-corrected chi connectivity index (χ0v) is 9.50. The maximum atomic E-state index is 11.7. The summed E-state index contributed by atoms with van der Waals surface area (Å²) in [5, 5.41) is 11.7. The molecule has 0 bridgehead atoms. The molecule has 4 heteroatoms. The highest BCUT2D eigenvalue weighted by atomic mass is 16.4. The molecule has 2 aliphatic carbocycles. The Bertz CT molecular complexity index is 293. The molecule has 90 valence electrons. The third kappa shape index (κ3) is 2.97. The van der Waals surface area contributed by atoms with Crippen LogP contribution in [0, 0.1) is 5.92 Å². The monoisotopic (exact) mass is 225 g/mol. The van der Waals surface area contributed by atoms with E-state index in [0.29, 0.717) is 6.42 Å². The van der Waals surface area contributed by atoms with Crippen molar-refractivity contribution in [3.63, 3.8) is 0 Å². The first-order valence-corrected chi connectivity index (χ1v) is 6.12. The second-order valence-electron chi connectivity index (χ2n) is 5.23. The van der Waals surface area contributed by atoms with Crippen molar-refractivity contribution in [1.82, 2.24) is 5.32 Å². The molecule has 2 rings (SSSR count). The molecule has 1 amide bonds. The lowest BCUT2D eigenvalue weighted by Crippen LogP contribution is -2.54. The molecule has 16 heavy (non-hydrogen) atoms. The van der Waals surface area contributed by atoms with E-state index in [1.165, 1.54) is 12.8 Å². The number of nitrogens with one attached hydrogen (secondary N) is 1. The van der Waals surface area contributed by atoms with Crippen molar-refractivity contribution >= 4 is 11.9 Å². The van der Waals surface area contributed by atoms with Gasteiger partial charge in [-0.25, -0.2) is 0 Å². The molecule has 0 heterocycles.